The van der Waals surface area contributed by atoms with E-state index in [0.29, 0.717) is 0 Å². The molecule has 0 spiro atoms. The van der Waals surface area contributed by atoms with E-state index in [-0.39, 0.29) is 6.42 Å². The first-order chi connectivity index (χ1) is 9.45. The molecular formula is C13H15BiF2O4. The Morgan fingerprint density at radius 3 is 2.70 bits per heavy atom. The Kier molecular flexibility index (Phi) is 5.05. The maximum atomic E-state index is 13.7. The summed E-state index contributed by atoms with van der Waals surface area (Å²) in [6.45, 7) is 1.64. The summed E-state index contributed by atoms with van der Waals surface area (Å²) in [6, 6.07) is 8.99. The molecule has 1 aliphatic heterocycles. The van der Waals surface area contributed by atoms with Gasteiger partial charge in [-0.2, -0.15) is 0 Å². The van der Waals surface area contributed by atoms with E-state index in [1.54, 1.807) is 31.2 Å². The van der Waals surface area contributed by atoms with Gasteiger partial charge in [0.25, 0.3) is 0 Å². The molecule has 0 amide bonds. The minimum atomic E-state index is -3.56. The van der Waals surface area contributed by atoms with Crippen molar-refractivity contribution in [3.05, 3.63) is 30.3 Å². The van der Waals surface area contributed by atoms with Crippen molar-refractivity contribution in [3.63, 3.8) is 0 Å². The summed E-state index contributed by atoms with van der Waals surface area (Å²) < 4.78 is 37.4. The molecule has 110 valence electrons. The van der Waals surface area contributed by atoms with Gasteiger partial charge in [0.1, 0.15) is 0 Å². The Morgan fingerprint density at radius 2 is 2.10 bits per heavy atom. The third kappa shape index (κ3) is 3.33. The van der Waals surface area contributed by atoms with E-state index < -0.39 is 51.3 Å². The summed E-state index contributed by atoms with van der Waals surface area (Å²) >= 11 is -1.99. The van der Waals surface area contributed by atoms with Crippen molar-refractivity contribution in [2.75, 3.05) is 0 Å². The van der Waals surface area contributed by atoms with Gasteiger partial charge in [-0.15, -0.1) is 0 Å². The van der Waals surface area contributed by atoms with Crippen LogP contribution in [0.4, 0.5) is 13.6 Å². The summed E-state index contributed by atoms with van der Waals surface area (Å²) in [5.74, 6) is -3.56. The normalized spacial score (nSPS) is 28.3. The molecule has 1 heterocycles. The quantitative estimate of drug-likeness (QED) is 0.652. The van der Waals surface area contributed by atoms with Crippen LogP contribution >= 0.6 is 0 Å². The van der Waals surface area contributed by atoms with Crippen LogP contribution in [0.5, 0.6) is 0 Å². The van der Waals surface area contributed by atoms with E-state index in [0.717, 1.165) is 3.27 Å². The third-order valence-corrected chi connectivity index (χ3v) is 6.68. The minimum absolute atomic E-state index is 0.240. The molecule has 3 atom stereocenters. The van der Waals surface area contributed by atoms with Gasteiger partial charge >= 0.3 is 126 Å². The molecule has 1 N–H and O–H groups in total. The van der Waals surface area contributed by atoms with Crippen LogP contribution in [0.25, 0.3) is 0 Å². The molecule has 1 aromatic carbocycles. The van der Waals surface area contributed by atoms with Crippen LogP contribution in [0.2, 0.25) is 0 Å². The molecule has 1 saturated heterocycles. The fraction of sp³-hybridized carbons (Fsp3) is 0.462. The van der Waals surface area contributed by atoms with Crippen molar-refractivity contribution in [3.8, 4) is 0 Å². The van der Waals surface area contributed by atoms with Gasteiger partial charge in [0.2, 0.25) is 0 Å². The Balaban J connectivity index is 2.02. The Bertz CT molecular complexity index is 469. The van der Waals surface area contributed by atoms with Crippen LogP contribution in [-0.2, 0) is 9.47 Å². The zero-order chi connectivity index (χ0) is 14.8. The predicted molar refractivity (Wildman–Crippen MR) is 69.6 cm³/mol. The molecule has 0 aromatic heterocycles. The number of carbonyl (C=O) groups excluding carboxylic acids is 1. The first-order valence-electron chi connectivity index (χ1n) is 6.19. The predicted octanol–water partition coefficient (Wildman–Crippen LogP) is 1.02. The van der Waals surface area contributed by atoms with Crippen molar-refractivity contribution < 1.29 is 28.2 Å². The van der Waals surface area contributed by atoms with E-state index >= 15 is 0 Å². The zero-order valence-electron chi connectivity index (χ0n) is 10.8. The summed E-state index contributed by atoms with van der Waals surface area (Å²) in [6.07, 6.45) is -4.64. The van der Waals surface area contributed by atoms with Gasteiger partial charge in [-0.05, 0) is 0 Å². The molecule has 0 saturated carbocycles. The number of halogens is 2. The van der Waals surface area contributed by atoms with Gasteiger partial charge < -0.3 is 0 Å². The number of rotatable bonds is 4. The molecule has 1 aromatic rings. The number of carbonyl (C=O) groups is 1. The first-order valence-corrected chi connectivity index (χ1v) is 10.1. The molecule has 2 rings (SSSR count). The summed E-state index contributed by atoms with van der Waals surface area (Å²) in [5, 5.41) is 9.18. The van der Waals surface area contributed by atoms with Gasteiger partial charge in [-0.1, -0.05) is 0 Å². The summed E-state index contributed by atoms with van der Waals surface area (Å²) in [5.41, 5.74) is 0. The number of aliphatic hydroxyl groups excluding tert-OH is 1. The van der Waals surface area contributed by atoms with Gasteiger partial charge in [0, 0.05) is 0 Å². The second-order valence-corrected chi connectivity index (χ2v) is 9.23. The van der Waals surface area contributed by atoms with Crippen LogP contribution < -0.4 is 3.27 Å². The molecule has 1 aliphatic rings. The van der Waals surface area contributed by atoms with E-state index in [1.165, 1.54) is 0 Å². The number of aliphatic hydroxyl groups is 1. The van der Waals surface area contributed by atoms with Gasteiger partial charge in [-0.25, -0.2) is 0 Å². The SMILES string of the molecule is CC[C@H]1OC(O)C(F)(F)[C@H]1O[C](=O)[BiH][c]1ccccc1. The first kappa shape index (κ1) is 15.7. The standard InChI is InChI=1S/C7H9F2O4.C6H5.Bi.H/c1-2-4-5(12-3-10)7(8,9)6(11)13-4;1-2-4-6-5-3-1;;/h4-6,11H,2H2,1H3;1-5H;;/t4-,5+,6?;;;/m1.../s1. The average molecular weight is 482 g/mol. The van der Waals surface area contributed by atoms with E-state index in [2.05, 4.69) is 0 Å². The zero-order valence-corrected chi connectivity index (χ0v) is 14.6. The van der Waals surface area contributed by atoms with E-state index in [9.17, 15) is 18.7 Å². The number of alkyl halides is 2. The van der Waals surface area contributed by atoms with Gasteiger partial charge in [0.05, 0.1) is 0 Å². The number of hydrogen-bond acceptors (Lipinski definition) is 4. The average Bonchev–Trinajstić information content (AvgIpc) is 2.63. The van der Waals surface area contributed by atoms with E-state index in [1.807, 2.05) is 6.07 Å². The molecule has 4 nitrogen and oxygen atoms in total. The fourth-order valence-corrected chi connectivity index (χ4v) is 5.00. The fourth-order valence-electron chi connectivity index (χ4n) is 1.96. The topological polar surface area (TPSA) is 55.8 Å². The van der Waals surface area contributed by atoms with Gasteiger partial charge in [0.15, 0.2) is 0 Å². The third-order valence-electron chi connectivity index (χ3n) is 3.01. The number of benzene rings is 1. The molecule has 1 fully saturated rings. The van der Waals surface area contributed by atoms with Crippen molar-refractivity contribution >= 4 is 30.2 Å². The molecule has 0 radical (unpaired) electrons. The summed E-state index contributed by atoms with van der Waals surface area (Å²) in [4.78, 5) is 11.8. The Hall–Kier alpha value is -0.647. The molecular weight excluding hydrogens is 467 g/mol. The maximum absolute atomic E-state index is 13.7. The second kappa shape index (κ2) is 6.41. The Morgan fingerprint density at radius 1 is 1.45 bits per heavy atom. The van der Waals surface area contributed by atoms with Crippen LogP contribution in [-0.4, -0.2) is 56.4 Å². The van der Waals surface area contributed by atoms with Crippen molar-refractivity contribution in [2.45, 2.75) is 37.8 Å². The van der Waals surface area contributed by atoms with Crippen molar-refractivity contribution in [2.24, 2.45) is 0 Å². The number of ether oxygens (including phenoxy) is 2. The van der Waals surface area contributed by atoms with Gasteiger partial charge in [-0.3, -0.25) is 0 Å². The molecule has 0 bridgehead atoms. The molecule has 7 heteroatoms. The Labute approximate surface area is 126 Å². The van der Waals surface area contributed by atoms with Crippen LogP contribution in [0.1, 0.15) is 13.3 Å². The molecule has 0 aliphatic carbocycles. The van der Waals surface area contributed by atoms with Crippen molar-refractivity contribution in [1.82, 2.24) is 0 Å². The summed E-state index contributed by atoms with van der Waals surface area (Å²) in [7, 11) is 0. The van der Waals surface area contributed by atoms with Crippen LogP contribution in [0, 0.1) is 0 Å². The monoisotopic (exact) mass is 482 g/mol. The second-order valence-electron chi connectivity index (χ2n) is 4.43. The molecule has 20 heavy (non-hydrogen) atoms. The molecule has 1 unspecified atom stereocenters. The number of hydrogen-bond donors (Lipinski definition) is 1. The van der Waals surface area contributed by atoms with Crippen molar-refractivity contribution in [1.29, 1.82) is 0 Å². The van der Waals surface area contributed by atoms with Crippen LogP contribution in [0.15, 0.2) is 30.3 Å². The van der Waals surface area contributed by atoms with E-state index in [4.69, 9.17) is 9.47 Å². The van der Waals surface area contributed by atoms with Crippen LogP contribution in [0.3, 0.4) is 0 Å².